The molecule has 2 N–H and O–H groups in total. The molecule has 5 rings (SSSR count). The van der Waals surface area contributed by atoms with Crippen molar-refractivity contribution in [1.29, 1.82) is 0 Å². The van der Waals surface area contributed by atoms with Gasteiger partial charge < -0.3 is 9.97 Å². The largest absolute Gasteiger partial charge is 0.341 e. The highest BCUT2D eigenvalue weighted by molar-refractivity contribution is 5.90. The van der Waals surface area contributed by atoms with E-state index in [-0.39, 0.29) is 0 Å². The number of nitrogens with zero attached hydrogens (tertiary/aromatic N) is 2. The zero-order valence-corrected chi connectivity index (χ0v) is 13.5. The molecule has 3 heterocycles. The summed E-state index contributed by atoms with van der Waals surface area (Å²) in [6.07, 6.45) is 1.81. The Hall–Kier alpha value is -3.53. The lowest BCUT2D eigenvalue weighted by atomic mass is 10.2. The lowest BCUT2D eigenvalue weighted by Crippen LogP contribution is -2.11. The second-order valence-corrected chi connectivity index (χ2v) is 6.01. The summed E-state index contributed by atoms with van der Waals surface area (Å²) in [5, 5.41) is 2.35. The quantitative estimate of drug-likeness (QED) is 0.459. The molecule has 0 aliphatic rings. The van der Waals surface area contributed by atoms with Crippen molar-refractivity contribution in [2.45, 2.75) is 0 Å². The molecule has 0 aliphatic carbocycles. The summed E-state index contributed by atoms with van der Waals surface area (Å²) in [5.41, 5.74) is 2.21. The first kappa shape index (κ1) is 13.9. The van der Waals surface area contributed by atoms with Crippen molar-refractivity contribution < 1.29 is 0 Å². The lowest BCUT2D eigenvalue weighted by Gasteiger charge is -2.20. The Balaban J connectivity index is 1.73. The monoisotopic (exact) mass is 324 g/mol. The minimum atomic E-state index is 0.862. The summed E-state index contributed by atoms with van der Waals surface area (Å²) in [5.74, 6) is 2.82. The first-order valence-corrected chi connectivity index (χ1v) is 8.25. The summed E-state index contributed by atoms with van der Waals surface area (Å²) in [4.78, 5) is 13.7. The van der Waals surface area contributed by atoms with Crippen LogP contribution < -0.4 is 4.90 Å². The number of aromatic nitrogens is 3. The van der Waals surface area contributed by atoms with E-state index in [0.29, 0.717) is 0 Å². The standard InChI is InChI=1S/C21H16N4/c1-3-9-17-15(7-1)13-20(23-17)25(19-11-5-6-12-22-19)21-14-16-8-2-4-10-18(16)24-21/h1-14,23-24H. The zero-order chi connectivity index (χ0) is 16.6. The normalized spacial score (nSPS) is 11.2. The summed E-state index contributed by atoms with van der Waals surface area (Å²) in [6.45, 7) is 0. The second-order valence-electron chi connectivity index (χ2n) is 6.01. The molecule has 0 atom stereocenters. The minimum Gasteiger partial charge on any atom is -0.341 e. The van der Waals surface area contributed by atoms with Gasteiger partial charge in [0.05, 0.1) is 0 Å². The maximum Gasteiger partial charge on any atom is 0.139 e. The third-order valence-corrected chi connectivity index (χ3v) is 4.39. The number of H-pyrrole nitrogens is 2. The van der Waals surface area contributed by atoms with Crippen molar-refractivity contribution in [1.82, 2.24) is 15.0 Å². The Labute approximate surface area is 144 Å². The molecule has 0 saturated carbocycles. The van der Waals surface area contributed by atoms with Crippen molar-refractivity contribution in [2.75, 3.05) is 4.90 Å². The Morgan fingerprint density at radius 3 is 1.72 bits per heavy atom. The van der Waals surface area contributed by atoms with Crippen LogP contribution >= 0.6 is 0 Å². The van der Waals surface area contributed by atoms with Gasteiger partial charge in [-0.1, -0.05) is 42.5 Å². The first-order chi connectivity index (χ1) is 12.4. The van der Waals surface area contributed by atoms with Gasteiger partial charge >= 0.3 is 0 Å². The second kappa shape index (κ2) is 5.53. The average Bonchev–Trinajstić information content (AvgIpc) is 3.26. The van der Waals surface area contributed by atoms with E-state index in [1.54, 1.807) is 0 Å². The van der Waals surface area contributed by atoms with Gasteiger partial charge in [0.2, 0.25) is 0 Å². The molecule has 120 valence electrons. The first-order valence-electron chi connectivity index (χ1n) is 8.25. The van der Waals surface area contributed by atoms with Crippen LogP contribution in [0.25, 0.3) is 21.8 Å². The Morgan fingerprint density at radius 2 is 1.20 bits per heavy atom. The molecule has 4 heteroatoms. The molecule has 4 nitrogen and oxygen atoms in total. The fourth-order valence-electron chi connectivity index (χ4n) is 3.22. The van der Waals surface area contributed by atoms with Crippen LogP contribution in [0.5, 0.6) is 0 Å². The van der Waals surface area contributed by atoms with Gasteiger partial charge in [0.1, 0.15) is 17.5 Å². The van der Waals surface area contributed by atoms with Crippen LogP contribution in [0.15, 0.2) is 85.1 Å². The summed E-state index contributed by atoms with van der Waals surface area (Å²) < 4.78 is 0. The lowest BCUT2D eigenvalue weighted by molar-refractivity contribution is 1.12. The van der Waals surface area contributed by atoms with E-state index < -0.39 is 0 Å². The van der Waals surface area contributed by atoms with Crippen LogP contribution in [-0.4, -0.2) is 15.0 Å². The third-order valence-electron chi connectivity index (χ3n) is 4.39. The van der Waals surface area contributed by atoms with E-state index in [1.165, 1.54) is 10.8 Å². The SMILES string of the molecule is c1ccc(N(c2cc3ccccc3[nH]2)c2cc3ccccc3[nH]2)nc1. The predicted octanol–water partition coefficient (Wildman–Crippen LogP) is 5.51. The summed E-state index contributed by atoms with van der Waals surface area (Å²) in [7, 11) is 0. The number of hydrogen-bond donors (Lipinski definition) is 2. The summed E-state index contributed by atoms with van der Waals surface area (Å²) in [6, 6.07) is 26.8. The zero-order valence-electron chi connectivity index (χ0n) is 13.5. The highest BCUT2D eigenvalue weighted by atomic mass is 15.3. The van der Waals surface area contributed by atoms with Gasteiger partial charge in [-0.3, -0.25) is 4.90 Å². The number of benzene rings is 2. The minimum absolute atomic E-state index is 0.862. The fraction of sp³-hybridized carbons (Fsp3) is 0. The number of aromatic amines is 2. The number of fused-ring (bicyclic) bond motifs is 2. The van der Waals surface area contributed by atoms with Crippen molar-refractivity contribution in [2.24, 2.45) is 0 Å². The molecule has 0 aliphatic heterocycles. The Morgan fingerprint density at radius 1 is 0.640 bits per heavy atom. The van der Waals surface area contributed by atoms with Gasteiger partial charge in [0, 0.05) is 28.0 Å². The van der Waals surface area contributed by atoms with Crippen LogP contribution in [0.4, 0.5) is 17.5 Å². The predicted molar refractivity (Wildman–Crippen MR) is 103 cm³/mol. The molecule has 0 saturated heterocycles. The number of nitrogens with one attached hydrogen (secondary N) is 2. The molecular formula is C21H16N4. The molecule has 3 aromatic heterocycles. The highest BCUT2D eigenvalue weighted by Gasteiger charge is 2.17. The Bertz CT molecular complexity index is 1010. The molecule has 25 heavy (non-hydrogen) atoms. The molecule has 0 amide bonds. The Kier molecular flexibility index (Phi) is 3.07. The van der Waals surface area contributed by atoms with E-state index in [9.17, 15) is 0 Å². The maximum absolute atomic E-state index is 4.56. The van der Waals surface area contributed by atoms with E-state index in [2.05, 4.69) is 56.3 Å². The van der Waals surface area contributed by atoms with Crippen LogP contribution in [0.1, 0.15) is 0 Å². The van der Waals surface area contributed by atoms with Gasteiger partial charge in [0.25, 0.3) is 0 Å². The molecule has 0 unspecified atom stereocenters. The molecular weight excluding hydrogens is 308 g/mol. The van der Waals surface area contributed by atoms with Crippen molar-refractivity contribution in [3.63, 3.8) is 0 Å². The molecule has 2 aromatic carbocycles. The van der Waals surface area contributed by atoms with Gasteiger partial charge in [0.15, 0.2) is 0 Å². The number of pyridine rings is 1. The average molecular weight is 324 g/mol. The molecule has 0 radical (unpaired) electrons. The van der Waals surface area contributed by atoms with Gasteiger partial charge in [-0.2, -0.15) is 0 Å². The molecule has 0 bridgehead atoms. The van der Waals surface area contributed by atoms with Crippen molar-refractivity contribution in [3.8, 4) is 0 Å². The number of hydrogen-bond acceptors (Lipinski definition) is 2. The van der Waals surface area contributed by atoms with E-state index >= 15 is 0 Å². The van der Waals surface area contributed by atoms with Crippen molar-refractivity contribution in [3.05, 3.63) is 85.1 Å². The van der Waals surface area contributed by atoms with E-state index in [4.69, 9.17) is 0 Å². The smallest absolute Gasteiger partial charge is 0.139 e. The molecule has 0 spiro atoms. The van der Waals surface area contributed by atoms with Crippen LogP contribution in [-0.2, 0) is 0 Å². The summed E-state index contributed by atoms with van der Waals surface area (Å²) >= 11 is 0. The van der Waals surface area contributed by atoms with Gasteiger partial charge in [-0.25, -0.2) is 4.98 Å². The van der Waals surface area contributed by atoms with Crippen LogP contribution in [0.3, 0.4) is 0 Å². The fourth-order valence-corrected chi connectivity index (χ4v) is 3.22. The third kappa shape index (κ3) is 2.35. The maximum atomic E-state index is 4.56. The molecule has 0 fully saturated rings. The topological polar surface area (TPSA) is 47.7 Å². The number of anilines is 3. The number of para-hydroxylation sites is 2. The van der Waals surface area contributed by atoms with Gasteiger partial charge in [-0.15, -0.1) is 0 Å². The number of rotatable bonds is 3. The van der Waals surface area contributed by atoms with E-state index in [0.717, 1.165) is 28.5 Å². The highest BCUT2D eigenvalue weighted by Crippen LogP contribution is 2.35. The molecule has 5 aromatic rings. The van der Waals surface area contributed by atoms with Crippen LogP contribution in [0.2, 0.25) is 0 Å². The van der Waals surface area contributed by atoms with Crippen molar-refractivity contribution >= 4 is 39.3 Å². The van der Waals surface area contributed by atoms with E-state index in [1.807, 2.05) is 48.7 Å². The van der Waals surface area contributed by atoms with Gasteiger partial charge in [-0.05, 0) is 36.4 Å². The van der Waals surface area contributed by atoms with Crippen LogP contribution in [0, 0.1) is 0 Å².